The lowest BCUT2D eigenvalue weighted by molar-refractivity contribution is 0.655. The maximum atomic E-state index is 3.44. The van der Waals surface area contributed by atoms with Crippen LogP contribution in [0.4, 0.5) is 0 Å². The van der Waals surface area contributed by atoms with Crippen molar-refractivity contribution in [3.05, 3.63) is 45.8 Å². The first-order chi connectivity index (χ1) is 8.24. The van der Waals surface area contributed by atoms with Crippen molar-refractivity contribution in [2.75, 3.05) is 6.54 Å². The Balaban J connectivity index is 2.08. The molecule has 2 heteroatoms. The van der Waals surface area contributed by atoms with Gasteiger partial charge in [0.25, 0.3) is 0 Å². The van der Waals surface area contributed by atoms with Gasteiger partial charge in [0.15, 0.2) is 0 Å². The fourth-order valence-electron chi connectivity index (χ4n) is 2.39. The maximum absolute atomic E-state index is 3.44. The second kappa shape index (κ2) is 4.28. The van der Waals surface area contributed by atoms with Crippen LogP contribution >= 0.6 is 11.3 Å². The summed E-state index contributed by atoms with van der Waals surface area (Å²) in [5, 5.41) is 3.44. The van der Waals surface area contributed by atoms with Crippen LogP contribution < -0.4 is 5.32 Å². The van der Waals surface area contributed by atoms with Gasteiger partial charge < -0.3 is 5.32 Å². The van der Waals surface area contributed by atoms with Crippen molar-refractivity contribution < 1.29 is 0 Å². The standard InChI is InChI=1S/C15H17NS/c1-10-3-4-11(2)13(7-10)14-8-12-5-6-16-9-15(12)17-14/h3-4,7-8,16H,5-6,9H2,1-2H3. The number of hydrogen-bond donors (Lipinski definition) is 1. The quantitative estimate of drug-likeness (QED) is 0.805. The van der Waals surface area contributed by atoms with Gasteiger partial charge in [0.05, 0.1) is 0 Å². The van der Waals surface area contributed by atoms with Gasteiger partial charge in [-0.2, -0.15) is 0 Å². The molecule has 0 fully saturated rings. The molecular weight excluding hydrogens is 226 g/mol. The van der Waals surface area contributed by atoms with E-state index in [1.807, 2.05) is 11.3 Å². The molecule has 2 aromatic rings. The molecule has 1 aliphatic heterocycles. The van der Waals surface area contributed by atoms with Crippen LogP contribution in [-0.2, 0) is 13.0 Å². The first-order valence-corrected chi connectivity index (χ1v) is 6.95. The summed E-state index contributed by atoms with van der Waals surface area (Å²) in [6, 6.07) is 9.11. The van der Waals surface area contributed by atoms with E-state index in [0.717, 1.165) is 13.1 Å². The molecule has 1 N–H and O–H groups in total. The number of aryl methyl sites for hydroxylation is 2. The van der Waals surface area contributed by atoms with Gasteiger partial charge in [-0.05, 0) is 49.6 Å². The number of nitrogens with one attached hydrogen (secondary N) is 1. The van der Waals surface area contributed by atoms with Gasteiger partial charge in [-0.1, -0.05) is 23.8 Å². The molecule has 0 saturated heterocycles. The molecule has 0 atom stereocenters. The van der Waals surface area contributed by atoms with E-state index >= 15 is 0 Å². The lowest BCUT2D eigenvalue weighted by Crippen LogP contribution is -2.21. The monoisotopic (exact) mass is 243 g/mol. The third-order valence-corrected chi connectivity index (χ3v) is 4.62. The molecule has 1 aromatic carbocycles. The number of thiophene rings is 1. The Labute approximate surface area is 106 Å². The van der Waals surface area contributed by atoms with Gasteiger partial charge in [-0.15, -0.1) is 11.3 Å². The zero-order chi connectivity index (χ0) is 11.8. The number of rotatable bonds is 1. The second-order valence-corrected chi connectivity index (χ2v) is 5.94. The van der Waals surface area contributed by atoms with Crippen molar-refractivity contribution in [2.45, 2.75) is 26.8 Å². The fourth-order valence-corrected chi connectivity index (χ4v) is 3.65. The van der Waals surface area contributed by atoms with Gasteiger partial charge >= 0.3 is 0 Å². The normalized spacial score (nSPS) is 14.7. The van der Waals surface area contributed by atoms with Gasteiger partial charge in [0.1, 0.15) is 0 Å². The molecule has 88 valence electrons. The smallest absolute Gasteiger partial charge is 0.0351 e. The third-order valence-electron chi connectivity index (χ3n) is 3.41. The molecule has 17 heavy (non-hydrogen) atoms. The topological polar surface area (TPSA) is 12.0 Å². The van der Waals surface area contributed by atoms with Crippen LogP contribution in [0.2, 0.25) is 0 Å². The summed E-state index contributed by atoms with van der Waals surface area (Å²) in [6.45, 7) is 6.53. The van der Waals surface area contributed by atoms with E-state index in [1.165, 1.54) is 32.9 Å². The Morgan fingerprint density at radius 2 is 2.06 bits per heavy atom. The Kier molecular flexibility index (Phi) is 2.77. The lowest BCUT2D eigenvalue weighted by atomic mass is 10.0. The van der Waals surface area contributed by atoms with Crippen LogP contribution in [-0.4, -0.2) is 6.54 Å². The highest BCUT2D eigenvalue weighted by Crippen LogP contribution is 2.35. The van der Waals surface area contributed by atoms with Crippen LogP contribution in [0, 0.1) is 13.8 Å². The molecule has 1 aliphatic rings. The molecule has 0 spiro atoms. The largest absolute Gasteiger partial charge is 0.312 e. The first kappa shape index (κ1) is 11.0. The highest BCUT2D eigenvalue weighted by Gasteiger charge is 2.14. The van der Waals surface area contributed by atoms with E-state index < -0.39 is 0 Å². The van der Waals surface area contributed by atoms with E-state index in [0.29, 0.717) is 0 Å². The van der Waals surface area contributed by atoms with Gasteiger partial charge in [-0.25, -0.2) is 0 Å². The summed E-state index contributed by atoms with van der Waals surface area (Å²) in [4.78, 5) is 2.95. The minimum Gasteiger partial charge on any atom is -0.312 e. The van der Waals surface area contributed by atoms with Crippen molar-refractivity contribution in [3.63, 3.8) is 0 Å². The summed E-state index contributed by atoms with van der Waals surface area (Å²) in [5.41, 5.74) is 5.67. The highest BCUT2D eigenvalue weighted by atomic mass is 32.1. The molecule has 0 bridgehead atoms. The molecule has 0 radical (unpaired) electrons. The van der Waals surface area contributed by atoms with Crippen LogP contribution in [0.5, 0.6) is 0 Å². The van der Waals surface area contributed by atoms with Crippen molar-refractivity contribution in [2.24, 2.45) is 0 Å². The maximum Gasteiger partial charge on any atom is 0.0351 e. The van der Waals surface area contributed by atoms with Gasteiger partial charge in [-0.3, -0.25) is 0 Å². The van der Waals surface area contributed by atoms with E-state index in [-0.39, 0.29) is 0 Å². The van der Waals surface area contributed by atoms with Gasteiger partial charge in [0, 0.05) is 16.3 Å². The molecule has 0 unspecified atom stereocenters. The third kappa shape index (κ3) is 2.03. The number of benzene rings is 1. The minimum atomic E-state index is 1.05. The molecule has 1 aromatic heterocycles. The SMILES string of the molecule is Cc1ccc(C)c(-c2cc3c(s2)CNCC3)c1. The zero-order valence-corrected chi connectivity index (χ0v) is 11.2. The van der Waals surface area contributed by atoms with Crippen molar-refractivity contribution in [1.82, 2.24) is 5.32 Å². The highest BCUT2D eigenvalue weighted by molar-refractivity contribution is 7.15. The van der Waals surface area contributed by atoms with E-state index in [1.54, 1.807) is 5.56 Å². The summed E-state index contributed by atoms with van der Waals surface area (Å²) < 4.78 is 0. The Morgan fingerprint density at radius 1 is 1.18 bits per heavy atom. The predicted octanol–water partition coefficient (Wildman–Crippen LogP) is 3.68. The molecule has 0 saturated carbocycles. The average Bonchev–Trinajstić information content (AvgIpc) is 2.75. The second-order valence-electron chi connectivity index (χ2n) is 4.80. The summed E-state index contributed by atoms with van der Waals surface area (Å²) in [5.74, 6) is 0. The summed E-state index contributed by atoms with van der Waals surface area (Å²) >= 11 is 1.95. The molecule has 0 aliphatic carbocycles. The van der Waals surface area contributed by atoms with Crippen LogP contribution in [0.15, 0.2) is 24.3 Å². The minimum absolute atomic E-state index is 1.05. The van der Waals surface area contributed by atoms with Crippen LogP contribution in [0.25, 0.3) is 10.4 Å². The van der Waals surface area contributed by atoms with E-state index in [2.05, 4.69) is 43.4 Å². The van der Waals surface area contributed by atoms with Crippen molar-refractivity contribution >= 4 is 11.3 Å². The van der Waals surface area contributed by atoms with Gasteiger partial charge in [0.2, 0.25) is 0 Å². The summed E-state index contributed by atoms with van der Waals surface area (Å²) in [6.07, 6.45) is 1.18. The number of fused-ring (bicyclic) bond motifs is 1. The molecule has 3 rings (SSSR count). The number of hydrogen-bond acceptors (Lipinski definition) is 2. The van der Waals surface area contributed by atoms with E-state index in [4.69, 9.17) is 0 Å². The van der Waals surface area contributed by atoms with E-state index in [9.17, 15) is 0 Å². The van der Waals surface area contributed by atoms with Crippen LogP contribution in [0.1, 0.15) is 21.6 Å². The van der Waals surface area contributed by atoms with Crippen molar-refractivity contribution in [3.8, 4) is 10.4 Å². The Hall–Kier alpha value is -1.12. The Bertz CT molecular complexity index is 531. The fraction of sp³-hybridized carbons (Fsp3) is 0.333. The molecule has 1 nitrogen and oxygen atoms in total. The average molecular weight is 243 g/mol. The Morgan fingerprint density at radius 3 is 2.88 bits per heavy atom. The zero-order valence-electron chi connectivity index (χ0n) is 10.3. The summed E-state index contributed by atoms with van der Waals surface area (Å²) in [7, 11) is 0. The lowest BCUT2D eigenvalue weighted by Gasteiger charge is -2.10. The van der Waals surface area contributed by atoms with Crippen LogP contribution in [0.3, 0.4) is 0 Å². The predicted molar refractivity (Wildman–Crippen MR) is 74.6 cm³/mol. The molecule has 0 amide bonds. The first-order valence-electron chi connectivity index (χ1n) is 6.14. The molecular formula is C15H17NS. The van der Waals surface area contributed by atoms with Crippen molar-refractivity contribution in [1.29, 1.82) is 0 Å². The molecule has 2 heterocycles.